The number of nitrogens with one attached hydrogen (secondary N) is 1. The van der Waals surface area contributed by atoms with E-state index in [1.54, 1.807) is 12.1 Å². The number of carbonyl (C=O) groups is 1. The molecule has 0 saturated carbocycles. The summed E-state index contributed by atoms with van der Waals surface area (Å²) in [7, 11) is 0. The third-order valence-corrected chi connectivity index (χ3v) is 3.14. The van der Waals surface area contributed by atoms with Gasteiger partial charge in [-0.3, -0.25) is 4.79 Å². The second-order valence-corrected chi connectivity index (χ2v) is 5.80. The summed E-state index contributed by atoms with van der Waals surface area (Å²) < 4.78 is 0. The number of phenols is 1. The highest BCUT2D eigenvalue weighted by Crippen LogP contribution is 2.27. The van der Waals surface area contributed by atoms with Crippen LogP contribution in [0.5, 0.6) is 5.75 Å². The van der Waals surface area contributed by atoms with E-state index in [2.05, 4.69) is 26.1 Å². The maximum atomic E-state index is 12.2. The topological polar surface area (TPSA) is 49.3 Å². The highest BCUT2D eigenvalue weighted by atomic mass is 16.3. The van der Waals surface area contributed by atoms with Gasteiger partial charge in [-0.05, 0) is 35.2 Å². The molecule has 0 aliphatic heterocycles. The van der Waals surface area contributed by atoms with Gasteiger partial charge in [-0.15, -0.1) is 0 Å². The lowest BCUT2D eigenvalue weighted by molar-refractivity contribution is 0.102. The van der Waals surface area contributed by atoms with Crippen LogP contribution in [0.25, 0.3) is 0 Å². The normalized spacial score (nSPS) is 11.2. The van der Waals surface area contributed by atoms with Crippen molar-refractivity contribution in [3.05, 3.63) is 59.7 Å². The summed E-state index contributed by atoms with van der Waals surface area (Å²) in [4.78, 5) is 12.2. The van der Waals surface area contributed by atoms with Gasteiger partial charge in [0.2, 0.25) is 0 Å². The quantitative estimate of drug-likeness (QED) is 0.867. The lowest BCUT2D eigenvalue weighted by Gasteiger charge is -2.20. The van der Waals surface area contributed by atoms with E-state index in [-0.39, 0.29) is 17.1 Å². The summed E-state index contributed by atoms with van der Waals surface area (Å²) in [6, 6.07) is 14.4. The molecule has 0 radical (unpaired) electrons. The van der Waals surface area contributed by atoms with E-state index in [0.717, 1.165) is 5.56 Å². The smallest absolute Gasteiger partial charge is 0.259 e. The fraction of sp³-hybridized carbons (Fsp3) is 0.235. The second kappa shape index (κ2) is 5.37. The Bertz CT molecular complexity index is 613. The predicted octanol–water partition coefficient (Wildman–Crippen LogP) is 3.94. The Balaban J connectivity index is 2.30. The van der Waals surface area contributed by atoms with Crippen LogP contribution in [0, 0.1) is 0 Å². The summed E-state index contributed by atoms with van der Waals surface area (Å²) in [6.07, 6.45) is 0. The standard InChI is InChI=1S/C17H19NO2/c1-17(2,3)12-9-10-15(19)14(11-12)16(20)18-13-7-5-4-6-8-13/h4-11,19H,1-3H3,(H,18,20). The van der Waals surface area contributed by atoms with Crippen molar-refractivity contribution in [2.75, 3.05) is 5.32 Å². The number of anilines is 1. The molecule has 104 valence electrons. The molecule has 0 aromatic heterocycles. The molecule has 20 heavy (non-hydrogen) atoms. The molecule has 3 heteroatoms. The van der Waals surface area contributed by atoms with Crippen molar-refractivity contribution in [1.82, 2.24) is 0 Å². The molecule has 0 aliphatic rings. The van der Waals surface area contributed by atoms with Crippen molar-refractivity contribution >= 4 is 11.6 Å². The van der Waals surface area contributed by atoms with Crippen molar-refractivity contribution in [3.63, 3.8) is 0 Å². The Hall–Kier alpha value is -2.29. The number of rotatable bonds is 2. The SMILES string of the molecule is CC(C)(C)c1ccc(O)c(C(=O)Nc2ccccc2)c1. The van der Waals surface area contributed by atoms with Gasteiger partial charge in [-0.25, -0.2) is 0 Å². The number of benzene rings is 2. The van der Waals surface area contributed by atoms with Crippen LogP contribution in [0.4, 0.5) is 5.69 Å². The molecule has 2 aromatic rings. The van der Waals surface area contributed by atoms with Gasteiger partial charge in [-0.2, -0.15) is 0 Å². The van der Waals surface area contributed by atoms with Crippen molar-refractivity contribution in [3.8, 4) is 5.75 Å². The largest absolute Gasteiger partial charge is 0.507 e. The molecule has 1 amide bonds. The molecular weight excluding hydrogens is 250 g/mol. The summed E-state index contributed by atoms with van der Waals surface area (Å²) in [5.74, 6) is -0.314. The fourth-order valence-corrected chi connectivity index (χ4v) is 1.90. The number of phenolic OH excluding ortho intramolecular Hbond substituents is 1. The first kappa shape index (κ1) is 14.1. The Morgan fingerprint density at radius 3 is 2.30 bits per heavy atom. The minimum atomic E-state index is -0.306. The van der Waals surface area contributed by atoms with Crippen molar-refractivity contribution in [2.45, 2.75) is 26.2 Å². The zero-order chi connectivity index (χ0) is 14.8. The molecule has 2 rings (SSSR count). The monoisotopic (exact) mass is 269 g/mol. The van der Waals surface area contributed by atoms with Gasteiger partial charge in [0.15, 0.2) is 0 Å². The van der Waals surface area contributed by atoms with E-state index in [9.17, 15) is 9.90 Å². The minimum absolute atomic E-state index is 0.00793. The molecule has 0 bridgehead atoms. The number of carbonyl (C=O) groups excluding carboxylic acids is 1. The first-order chi connectivity index (χ1) is 9.38. The van der Waals surface area contributed by atoms with Crippen molar-refractivity contribution in [1.29, 1.82) is 0 Å². The van der Waals surface area contributed by atoms with Gasteiger partial charge < -0.3 is 10.4 Å². The third-order valence-electron chi connectivity index (χ3n) is 3.14. The Labute approximate surface area is 119 Å². The van der Waals surface area contributed by atoms with E-state index in [4.69, 9.17) is 0 Å². The fourth-order valence-electron chi connectivity index (χ4n) is 1.90. The van der Waals surface area contributed by atoms with E-state index in [1.807, 2.05) is 36.4 Å². The minimum Gasteiger partial charge on any atom is -0.507 e. The lowest BCUT2D eigenvalue weighted by Crippen LogP contribution is -2.16. The Morgan fingerprint density at radius 2 is 1.70 bits per heavy atom. The number of hydrogen-bond acceptors (Lipinski definition) is 2. The van der Waals surface area contributed by atoms with Crippen LogP contribution in [0.15, 0.2) is 48.5 Å². The van der Waals surface area contributed by atoms with E-state index in [1.165, 1.54) is 0 Å². The predicted molar refractivity (Wildman–Crippen MR) is 81.2 cm³/mol. The molecule has 0 heterocycles. The molecule has 0 unspecified atom stereocenters. The highest BCUT2D eigenvalue weighted by Gasteiger charge is 2.18. The Kier molecular flexibility index (Phi) is 3.79. The van der Waals surface area contributed by atoms with Crippen LogP contribution in [-0.2, 0) is 5.41 Å². The highest BCUT2D eigenvalue weighted by molar-refractivity contribution is 6.06. The molecule has 0 atom stereocenters. The van der Waals surface area contributed by atoms with Gasteiger partial charge in [0, 0.05) is 5.69 Å². The lowest BCUT2D eigenvalue weighted by atomic mass is 9.86. The van der Waals surface area contributed by atoms with Gasteiger partial charge in [-0.1, -0.05) is 45.0 Å². The van der Waals surface area contributed by atoms with Crippen molar-refractivity contribution in [2.24, 2.45) is 0 Å². The maximum absolute atomic E-state index is 12.2. The number of aromatic hydroxyl groups is 1. The number of amides is 1. The van der Waals surface area contributed by atoms with Crippen LogP contribution in [0.2, 0.25) is 0 Å². The van der Waals surface area contributed by atoms with Crippen LogP contribution >= 0.6 is 0 Å². The van der Waals surface area contributed by atoms with Gasteiger partial charge >= 0.3 is 0 Å². The first-order valence-corrected chi connectivity index (χ1v) is 6.58. The molecule has 0 saturated heterocycles. The van der Waals surface area contributed by atoms with Gasteiger partial charge in [0.05, 0.1) is 5.56 Å². The second-order valence-electron chi connectivity index (χ2n) is 5.80. The molecule has 0 spiro atoms. The van der Waals surface area contributed by atoms with E-state index < -0.39 is 0 Å². The van der Waals surface area contributed by atoms with Crippen LogP contribution in [0.1, 0.15) is 36.7 Å². The van der Waals surface area contributed by atoms with Crippen LogP contribution in [0.3, 0.4) is 0 Å². The zero-order valence-corrected chi connectivity index (χ0v) is 12.0. The van der Waals surface area contributed by atoms with Crippen LogP contribution in [-0.4, -0.2) is 11.0 Å². The van der Waals surface area contributed by atoms with E-state index in [0.29, 0.717) is 11.3 Å². The first-order valence-electron chi connectivity index (χ1n) is 6.58. The average Bonchev–Trinajstić information content (AvgIpc) is 2.39. The summed E-state index contributed by atoms with van der Waals surface area (Å²) in [5.41, 5.74) is 1.93. The van der Waals surface area contributed by atoms with E-state index >= 15 is 0 Å². The summed E-state index contributed by atoms with van der Waals surface area (Å²) in [5, 5.41) is 12.7. The van der Waals surface area contributed by atoms with Gasteiger partial charge in [0.25, 0.3) is 5.91 Å². The molecule has 0 aliphatic carbocycles. The van der Waals surface area contributed by atoms with Crippen LogP contribution < -0.4 is 5.32 Å². The van der Waals surface area contributed by atoms with Gasteiger partial charge in [0.1, 0.15) is 5.75 Å². The zero-order valence-electron chi connectivity index (χ0n) is 12.0. The third kappa shape index (κ3) is 3.18. The maximum Gasteiger partial charge on any atom is 0.259 e. The molecule has 2 N–H and O–H groups in total. The summed E-state index contributed by atoms with van der Waals surface area (Å²) >= 11 is 0. The number of para-hydroxylation sites is 1. The average molecular weight is 269 g/mol. The molecular formula is C17H19NO2. The number of hydrogen-bond donors (Lipinski definition) is 2. The van der Waals surface area contributed by atoms with Crippen molar-refractivity contribution < 1.29 is 9.90 Å². The summed E-state index contributed by atoms with van der Waals surface area (Å²) in [6.45, 7) is 6.20. The molecule has 0 fully saturated rings. The molecule has 2 aromatic carbocycles. The molecule has 3 nitrogen and oxygen atoms in total. The Morgan fingerprint density at radius 1 is 1.05 bits per heavy atom.